The second-order valence-electron chi connectivity index (χ2n) is 5.63. The predicted octanol–water partition coefficient (Wildman–Crippen LogP) is 3.22. The molecule has 2 aromatic carbocycles. The third-order valence-corrected chi connectivity index (χ3v) is 3.69. The molecule has 0 radical (unpaired) electrons. The van der Waals surface area contributed by atoms with Crippen LogP contribution in [-0.4, -0.2) is 37.1 Å². The van der Waals surface area contributed by atoms with Crippen LogP contribution in [-0.2, 0) is 4.79 Å². The summed E-state index contributed by atoms with van der Waals surface area (Å²) in [5, 5.41) is 12.3. The molecule has 2 N–H and O–H groups in total. The Bertz CT molecular complexity index is 784. The van der Waals surface area contributed by atoms with E-state index < -0.39 is 17.7 Å². The molecule has 1 amide bonds. The molecule has 1 aliphatic heterocycles. The summed E-state index contributed by atoms with van der Waals surface area (Å²) in [6, 6.07) is 9.34. The van der Waals surface area contributed by atoms with Crippen molar-refractivity contribution in [1.29, 1.82) is 0 Å². The van der Waals surface area contributed by atoms with Gasteiger partial charge in [0, 0.05) is 12.1 Å². The lowest BCUT2D eigenvalue weighted by molar-refractivity contribution is -0.118. The molecule has 1 aliphatic rings. The van der Waals surface area contributed by atoms with Crippen LogP contribution in [0.4, 0.5) is 8.78 Å². The number of aromatic hydroxyl groups is 1. The van der Waals surface area contributed by atoms with Crippen LogP contribution in [0, 0.1) is 11.6 Å². The number of phenols is 1. The summed E-state index contributed by atoms with van der Waals surface area (Å²) in [7, 11) is 3.75. The van der Waals surface area contributed by atoms with Crippen molar-refractivity contribution in [3.8, 4) is 5.75 Å². The molecule has 0 aliphatic carbocycles. The SMILES string of the molecule is CNC.O=CN1CC(c2cc(F)ccc2F)=CC1c1cccc(O)c1.S. The van der Waals surface area contributed by atoms with E-state index in [1.165, 1.54) is 11.0 Å². The topological polar surface area (TPSA) is 52.6 Å². The Kier molecular flexibility index (Phi) is 8.28. The van der Waals surface area contributed by atoms with Crippen molar-refractivity contribution >= 4 is 25.5 Å². The molecule has 1 unspecified atom stereocenters. The Morgan fingerprint density at radius 2 is 1.88 bits per heavy atom. The van der Waals surface area contributed by atoms with Crippen molar-refractivity contribution in [2.24, 2.45) is 0 Å². The van der Waals surface area contributed by atoms with Crippen LogP contribution in [0.15, 0.2) is 48.5 Å². The van der Waals surface area contributed by atoms with Gasteiger partial charge in [-0.3, -0.25) is 4.79 Å². The Morgan fingerprint density at radius 1 is 1.19 bits per heavy atom. The molecular weight excluding hydrogens is 358 g/mol. The van der Waals surface area contributed by atoms with E-state index in [-0.39, 0.29) is 31.4 Å². The largest absolute Gasteiger partial charge is 0.508 e. The van der Waals surface area contributed by atoms with Crippen molar-refractivity contribution in [2.75, 3.05) is 20.6 Å². The second kappa shape index (κ2) is 9.94. The van der Waals surface area contributed by atoms with Crippen LogP contribution in [0.5, 0.6) is 5.75 Å². The number of hydrogen-bond donors (Lipinski definition) is 2. The van der Waals surface area contributed by atoms with Crippen LogP contribution in [0.25, 0.3) is 5.57 Å². The maximum Gasteiger partial charge on any atom is 0.210 e. The minimum Gasteiger partial charge on any atom is -0.508 e. The normalized spacial score (nSPS) is 15.5. The van der Waals surface area contributed by atoms with Gasteiger partial charge >= 0.3 is 0 Å². The molecule has 0 spiro atoms. The van der Waals surface area contributed by atoms with Crippen molar-refractivity contribution in [1.82, 2.24) is 10.2 Å². The molecule has 7 heteroatoms. The minimum absolute atomic E-state index is 0. The average molecular weight is 380 g/mol. The van der Waals surface area contributed by atoms with Crippen LogP contribution in [0.2, 0.25) is 0 Å². The molecule has 26 heavy (non-hydrogen) atoms. The van der Waals surface area contributed by atoms with Gasteiger partial charge in [-0.05, 0) is 55.6 Å². The number of halogens is 2. The highest BCUT2D eigenvalue weighted by Crippen LogP contribution is 2.35. The maximum atomic E-state index is 13.9. The Labute approximate surface area is 158 Å². The van der Waals surface area contributed by atoms with Gasteiger partial charge in [0.2, 0.25) is 6.41 Å². The smallest absolute Gasteiger partial charge is 0.210 e. The van der Waals surface area contributed by atoms with Gasteiger partial charge in [0.1, 0.15) is 17.4 Å². The summed E-state index contributed by atoms with van der Waals surface area (Å²) >= 11 is 0. The zero-order valence-electron chi connectivity index (χ0n) is 14.5. The number of nitrogens with one attached hydrogen (secondary N) is 1. The molecule has 0 saturated carbocycles. The number of carbonyl (C=O) groups is 1. The number of hydrogen-bond acceptors (Lipinski definition) is 3. The monoisotopic (exact) mass is 380 g/mol. The molecular formula is C19H22F2N2O2S. The predicted molar refractivity (Wildman–Crippen MR) is 103 cm³/mol. The summed E-state index contributed by atoms with van der Waals surface area (Å²) < 4.78 is 27.2. The molecule has 0 aromatic heterocycles. The van der Waals surface area contributed by atoms with E-state index >= 15 is 0 Å². The van der Waals surface area contributed by atoms with E-state index in [1.54, 1.807) is 24.3 Å². The fourth-order valence-electron chi connectivity index (χ4n) is 2.65. The van der Waals surface area contributed by atoms with Gasteiger partial charge in [-0.25, -0.2) is 8.78 Å². The summed E-state index contributed by atoms with van der Waals surface area (Å²) in [6.07, 6.45) is 2.37. The van der Waals surface area contributed by atoms with Crippen molar-refractivity contribution in [3.05, 3.63) is 71.3 Å². The first-order chi connectivity index (χ1) is 12.0. The quantitative estimate of drug-likeness (QED) is 0.804. The standard InChI is InChI=1S/C17H13F2NO2.C2H7N.H2S/c18-13-4-5-16(19)15(8-13)12-7-17(20(9-12)10-21)11-2-1-3-14(22)6-11;1-3-2;/h1-8,10,17,22H,9H2;3H,1-2H3;1H2. The highest BCUT2D eigenvalue weighted by atomic mass is 32.1. The van der Waals surface area contributed by atoms with Crippen LogP contribution >= 0.6 is 13.5 Å². The minimum atomic E-state index is -0.532. The van der Waals surface area contributed by atoms with Crippen LogP contribution < -0.4 is 5.32 Å². The first kappa shape index (κ1) is 21.7. The second-order valence-corrected chi connectivity index (χ2v) is 5.63. The Hall–Kier alpha value is -2.38. The number of nitrogens with zero attached hydrogens (tertiary/aromatic N) is 1. The lowest BCUT2D eigenvalue weighted by atomic mass is 10.0. The van der Waals surface area contributed by atoms with E-state index in [0.717, 1.165) is 18.2 Å². The number of phenolic OH excluding ortho intramolecular Hbond substituents is 1. The van der Waals surface area contributed by atoms with E-state index in [2.05, 4.69) is 5.32 Å². The Balaban J connectivity index is 0.000000791. The van der Waals surface area contributed by atoms with Gasteiger partial charge in [-0.15, -0.1) is 0 Å². The van der Waals surface area contributed by atoms with Gasteiger partial charge < -0.3 is 15.3 Å². The lowest BCUT2D eigenvalue weighted by Gasteiger charge is -2.20. The summed E-state index contributed by atoms with van der Waals surface area (Å²) in [4.78, 5) is 12.7. The highest BCUT2D eigenvalue weighted by Gasteiger charge is 2.27. The summed E-state index contributed by atoms with van der Waals surface area (Å²) in [5.41, 5.74) is 1.39. The van der Waals surface area contributed by atoms with Gasteiger partial charge in [-0.2, -0.15) is 13.5 Å². The van der Waals surface area contributed by atoms with Crippen LogP contribution in [0.1, 0.15) is 17.2 Å². The lowest BCUT2D eigenvalue weighted by Crippen LogP contribution is -2.22. The molecule has 3 rings (SSSR count). The number of amides is 1. The maximum absolute atomic E-state index is 13.9. The first-order valence-corrected chi connectivity index (χ1v) is 7.74. The third-order valence-electron chi connectivity index (χ3n) is 3.69. The molecule has 1 heterocycles. The van der Waals surface area contributed by atoms with Gasteiger partial charge in [-0.1, -0.05) is 18.2 Å². The number of rotatable bonds is 3. The third kappa shape index (κ3) is 5.06. The van der Waals surface area contributed by atoms with Crippen molar-refractivity contribution < 1.29 is 18.7 Å². The van der Waals surface area contributed by atoms with Gasteiger partial charge in [0.15, 0.2) is 0 Å². The van der Waals surface area contributed by atoms with E-state index in [0.29, 0.717) is 17.5 Å². The zero-order chi connectivity index (χ0) is 18.4. The highest BCUT2D eigenvalue weighted by molar-refractivity contribution is 7.59. The average Bonchev–Trinajstić information content (AvgIpc) is 3.02. The van der Waals surface area contributed by atoms with Gasteiger partial charge in [0.05, 0.1) is 6.04 Å². The summed E-state index contributed by atoms with van der Waals surface area (Å²) in [6.45, 7) is 0.185. The number of carbonyl (C=O) groups excluding carboxylic acids is 1. The van der Waals surface area contributed by atoms with Crippen LogP contribution in [0.3, 0.4) is 0 Å². The fourth-order valence-corrected chi connectivity index (χ4v) is 2.65. The molecule has 0 saturated heterocycles. The molecule has 0 bridgehead atoms. The van der Waals surface area contributed by atoms with E-state index in [9.17, 15) is 18.7 Å². The number of benzene rings is 2. The fraction of sp³-hybridized carbons (Fsp3) is 0.211. The van der Waals surface area contributed by atoms with E-state index in [1.807, 2.05) is 14.1 Å². The van der Waals surface area contributed by atoms with Crippen molar-refractivity contribution in [2.45, 2.75) is 6.04 Å². The summed E-state index contributed by atoms with van der Waals surface area (Å²) in [5.74, 6) is -0.979. The molecule has 2 aromatic rings. The molecule has 140 valence electrons. The van der Waals surface area contributed by atoms with E-state index in [4.69, 9.17) is 0 Å². The molecule has 4 nitrogen and oxygen atoms in total. The van der Waals surface area contributed by atoms with Crippen molar-refractivity contribution in [3.63, 3.8) is 0 Å². The Morgan fingerprint density at radius 3 is 2.50 bits per heavy atom. The van der Waals surface area contributed by atoms with Gasteiger partial charge in [0.25, 0.3) is 0 Å². The molecule has 0 fully saturated rings. The molecule has 1 atom stereocenters. The zero-order valence-corrected chi connectivity index (χ0v) is 15.5. The first-order valence-electron chi connectivity index (χ1n) is 7.74.